The maximum atomic E-state index is 12.4. The number of aryl methyl sites for hydroxylation is 2. The van der Waals surface area contributed by atoms with Crippen LogP contribution in [0.3, 0.4) is 0 Å². The first kappa shape index (κ1) is 16.7. The molecular formula is C18H22N6O2. The third kappa shape index (κ3) is 3.32. The lowest BCUT2D eigenvalue weighted by molar-refractivity contribution is 0.101. The molecule has 0 radical (unpaired) electrons. The van der Waals surface area contributed by atoms with Gasteiger partial charge in [0, 0.05) is 31.0 Å². The number of carbonyl (C=O) groups is 1. The highest BCUT2D eigenvalue weighted by molar-refractivity contribution is 6.03. The maximum absolute atomic E-state index is 12.4. The summed E-state index contributed by atoms with van der Waals surface area (Å²) in [4.78, 5) is 16.8. The zero-order chi connectivity index (χ0) is 18.1. The van der Waals surface area contributed by atoms with Crippen molar-refractivity contribution in [2.24, 2.45) is 7.05 Å². The maximum Gasteiger partial charge on any atom is 0.277 e. The number of fused-ring (bicyclic) bond motifs is 1. The van der Waals surface area contributed by atoms with Gasteiger partial charge in [0.05, 0.1) is 17.6 Å². The first-order valence-electron chi connectivity index (χ1n) is 8.90. The van der Waals surface area contributed by atoms with Gasteiger partial charge in [-0.1, -0.05) is 11.6 Å². The van der Waals surface area contributed by atoms with Gasteiger partial charge in [-0.15, -0.1) is 0 Å². The monoisotopic (exact) mass is 354 g/mol. The predicted molar refractivity (Wildman–Crippen MR) is 97.0 cm³/mol. The van der Waals surface area contributed by atoms with Crippen molar-refractivity contribution in [3.8, 4) is 0 Å². The zero-order valence-electron chi connectivity index (χ0n) is 15.0. The third-order valence-corrected chi connectivity index (χ3v) is 4.77. The van der Waals surface area contributed by atoms with Gasteiger partial charge in [0.15, 0.2) is 11.3 Å². The van der Waals surface area contributed by atoms with Gasteiger partial charge in [-0.25, -0.2) is 4.98 Å². The minimum Gasteiger partial charge on any atom is -0.361 e. The molecule has 1 amide bonds. The van der Waals surface area contributed by atoms with E-state index in [1.54, 1.807) is 16.9 Å². The summed E-state index contributed by atoms with van der Waals surface area (Å²) in [7, 11) is 1.85. The van der Waals surface area contributed by atoms with E-state index in [0.717, 1.165) is 41.9 Å². The van der Waals surface area contributed by atoms with Crippen molar-refractivity contribution in [3.05, 3.63) is 35.5 Å². The fourth-order valence-electron chi connectivity index (χ4n) is 3.43. The highest BCUT2D eigenvalue weighted by Crippen LogP contribution is 2.20. The summed E-state index contributed by atoms with van der Waals surface area (Å²) in [5, 5.41) is 15.5. The molecule has 2 N–H and O–H groups in total. The number of anilines is 1. The molecule has 136 valence electrons. The van der Waals surface area contributed by atoms with E-state index in [0.29, 0.717) is 11.7 Å². The van der Waals surface area contributed by atoms with Gasteiger partial charge in [-0.2, -0.15) is 5.10 Å². The second-order valence-corrected chi connectivity index (χ2v) is 6.79. The van der Waals surface area contributed by atoms with Crippen molar-refractivity contribution in [1.82, 2.24) is 25.2 Å². The molecule has 0 saturated carbocycles. The van der Waals surface area contributed by atoms with Crippen LogP contribution in [0.5, 0.6) is 0 Å². The number of pyridine rings is 1. The summed E-state index contributed by atoms with van der Waals surface area (Å²) in [6.07, 6.45) is 5.94. The number of aromatic nitrogens is 4. The minimum atomic E-state index is -0.306. The number of hydrogen-bond donors (Lipinski definition) is 2. The van der Waals surface area contributed by atoms with Gasteiger partial charge in [0.2, 0.25) is 0 Å². The lowest BCUT2D eigenvalue weighted by Gasteiger charge is -2.21. The van der Waals surface area contributed by atoms with Crippen molar-refractivity contribution < 1.29 is 9.32 Å². The molecule has 1 unspecified atom stereocenters. The molecule has 3 aromatic heterocycles. The SMILES string of the molecule is Cc1nn(C)c2ncc(NC(=O)c3cc(CC4CCCCN4)on3)cc12. The molecule has 26 heavy (non-hydrogen) atoms. The van der Waals surface area contributed by atoms with Crippen LogP contribution in [-0.4, -0.2) is 38.4 Å². The van der Waals surface area contributed by atoms with Crippen molar-refractivity contribution in [2.75, 3.05) is 11.9 Å². The molecule has 3 aromatic rings. The molecule has 0 spiro atoms. The average Bonchev–Trinajstić information content (AvgIpc) is 3.21. The Hall–Kier alpha value is -2.74. The Bertz CT molecular complexity index is 938. The quantitative estimate of drug-likeness (QED) is 0.745. The van der Waals surface area contributed by atoms with Crippen molar-refractivity contribution in [3.63, 3.8) is 0 Å². The third-order valence-electron chi connectivity index (χ3n) is 4.77. The first-order valence-corrected chi connectivity index (χ1v) is 8.90. The molecule has 4 heterocycles. The number of rotatable bonds is 4. The summed E-state index contributed by atoms with van der Waals surface area (Å²) in [6, 6.07) is 3.98. The van der Waals surface area contributed by atoms with Crippen LogP contribution < -0.4 is 10.6 Å². The van der Waals surface area contributed by atoms with E-state index in [4.69, 9.17) is 4.52 Å². The van der Waals surface area contributed by atoms with Crippen LogP contribution in [0.4, 0.5) is 5.69 Å². The first-order chi connectivity index (χ1) is 12.6. The van der Waals surface area contributed by atoms with E-state index >= 15 is 0 Å². The van der Waals surface area contributed by atoms with Crippen LogP contribution in [0, 0.1) is 6.92 Å². The Morgan fingerprint density at radius 2 is 2.31 bits per heavy atom. The van der Waals surface area contributed by atoms with E-state index in [1.165, 1.54) is 12.8 Å². The predicted octanol–water partition coefficient (Wildman–Crippen LogP) is 2.20. The van der Waals surface area contributed by atoms with Crippen LogP contribution in [0.25, 0.3) is 11.0 Å². The number of nitrogens with one attached hydrogen (secondary N) is 2. The Morgan fingerprint density at radius 3 is 3.12 bits per heavy atom. The van der Waals surface area contributed by atoms with Crippen LogP contribution in [0.2, 0.25) is 0 Å². The molecule has 8 heteroatoms. The van der Waals surface area contributed by atoms with Crippen molar-refractivity contribution in [2.45, 2.75) is 38.6 Å². The number of nitrogens with zero attached hydrogens (tertiary/aromatic N) is 4. The molecular weight excluding hydrogens is 332 g/mol. The van der Waals surface area contributed by atoms with Crippen LogP contribution >= 0.6 is 0 Å². The molecule has 1 atom stereocenters. The highest BCUT2D eigenvalue weighted by Gasteiger charge is 2.18. The number of amides is 1. The van der Waals surface area contributed by atoms with E-state index in [-0.39, 0.29) is 11.6 Å². The van der Waals surface area contributed by atoms with E-state index < -0.39 is 0 Å². The lowest BCUT2D eigenvalue weighted by Crippen LogP contribution is -2.35. The molecule has 0 aromatic carbocycles. The second kappa shape index (κ2) is 6.87. The van der Waals surface area contributed by atoms with Crippen LogP contribution in [0.15, 0.2) is 22.9 Å². The molecule has 0 aliphatic carbocycles. The largest absolute Gasteiger partial charge is 0.361 e. The van der Waals surface area contributed by atoms with Gasteiger partial charge >= 0.3 is 0 Å². The zero-order valence-corrected chi connectivity index (χ0v) is 15.0. The van der Waals surface area contributed by atoms with E-state index in [1.807, 2.05) is 20.0 Å². The Kier molecular flexibility index (Phi) is 4.42. The summed E-state index contributed by atoms with van der Waals surface area (Å²) in [5.74, 6) is 0.422. The Balaban J connectivity index is 1.45. The van der Waals surface area contributed by atoms with E-state index in [9.17, 15) is 4.79 Å². The van der Waals surface area contributed by atoms with Gasteiger partial charge < -0.3 is 15.2 Å². The average molecular weight is 354 g/mol. The molecule has 0 bridgehead atoms. The lowest BCUT2D eigenvalue weighted by atomic mass is 10.0. The van der Waals surface area contributed by atoms with Gasteiger partial charge in [-0.05, 0) is 32.4 Å². The summed E-state index contributed by atoms with van der Waals surface area (Å²) in [6.45, 7) is 2.95. The van der Waals surface area contributed by atoms with Crippen LogP contribution in [-0.2, 0) is 13.5 Å². The fourth-order valence-corrected chi connectivity index (χ4v) is 3.43. The number of carbonyl (C=O) groups excluding carboxylic acids is 1. The smallest absolute Gasteiger partial charge is 0.277 e. The molecule has 1 fully saturated rings. The molecule has 4 rings (SSSR count). The number of piperidine rings is 1. The standard InChI is InChI=1S/C18H22N6O2/c1-11-15-8-13(10-20-17(15)24(2)22-11)21-18(25)16-9-14(26-23-16)7-12-5-3-4-6-19-12/h8-10,12,19H,3-7H2,1-2H3,(H,21,25). The summed E-state index contributed by atoms with van der Waals surface area (Å²) in [5.41, 5.74) is 2.54. The van der Waals surface area contributed by atoms with Gasteiger partial charge in [-0.3, -0.25) is 9.48 Å². The van der Waals surface area contributed by atoms with Crippen molar-refractivity contribution in [1.29, 1.82) is 0 Å². The Morgan fingerprint density at radius 1 is 1.42 bits per heavy atom. The molecule has 1 aliphatic rings. The van der Waals surface area contributed by atoms with Crippen molar-refractivity contribution >= 4 is 22.6 Å². The summed E-state index contributed by atoms with van der Waals surface area (Å²) < 4.78 is 7.06. The minimum absolute atomic E-state index is 0.277. The van der Waals surface area contributed by atoms with Gasteiger partial charge in [0.1, 0.15) is 5.76 Å². The highest BCUT2D eigenvalue weighted by atomic mass is 16.5. The summed E-state index contributed by atoms with van der Waals surface area (Å²) >= 11 is 0. The topological polar surface area (TPSA) is 97.9 Å². The number of hydrogen-bond acceptors (Lipinski definition) is 6. The molecule has 1 saturated heterocycles. The fraction of sp³-hybridized carbons (Fsp3) is 0.444. The normalized spacial score (nSPS) is 17.5. The van der Waals surface area contributed by atoms with Crippen LogP contribution in [0.1, 0.15) is 41.2 Å². The molecule has 1 aliphatic heterocycles. The second-order valence-electron chi connectivity index (χ2n) is 6.79. The van der Waals surface area contributed by atoms with Gasteiger partial charge in [0.25, 0.3) is 5.91 Å². The molecule has 8 nitrogen and oxygen atoms in total. The van der Waals surface area contributed by atoms with E-state index in [2.05, 4.69) is 25.9 Å². The Labute approximate surface area is 151 Å².